The smallest absolute Gasteiger partial charge is 0.309 e. The van der Waals surface area contributed by atoms with Crippen LogP contribution in [0.3, 0.4) is 0 Å². The van der Waals surface area contributed by atoms with Crippen molar-refractivity contribution in [1.82, 2.24) is 9.97 Å². The summed E-state index contributed by atoms with van der Waals surface area (Å²) in [7, 11) is 0. The Labute approximate surface area is 117 Å². The summed E-state index contributed by atoms with van der Waals surface area (Å²) < 4.78 is 0. The van der Waals surface area contributed by atoms with E-state index in [4.69, 9.17) is 5.73 Å². The van der Waals surface area contributed by atoms with Gasteiger partial charge >= 0.3 is 5.97 Å². The van der Waals surface area contributed by atoms with Gasteiger partial charge in [0.2, 0.25) is 0 Å². The molecule has 0 unspecified atom stereocenters. The lowest BCUT2D eigenvalue weighted by Gasteiger charge is -2.19. The monoisotopic (exact) mass is 271 g/mol. The Kier molecular flexibility index (Phi) is 3.70. The summed E-state index contributed by atoms with van der Waals surface area (Å²) in [6, 6.07) is 7.62. The normalized spacial score (nSPS) is 11.3. The van der Waals surface area contributed by atoms with Crippen LogP contribution < -0.4 is 5.73 Å². The summed E-state index contributed by atoms with van der Waals surface area (Å²) in [6.45, 7) is 3.42. The number of carboxylic acids is 1. The van der Waals surface area contributed by atoms with Crippen LogP contribution in [0.2, 0.25) is 0 Å². The van der Waals surface area contributed by atoms with Crippen molar-refractivity contribution in [2.24, 2.45) is 5.41 Å². The van der Waals surface area contributed by atoms with E-state index in [-0.39, 0.29) is 0 Å². The molecule has 1 aromatic heterocycles. The number of carboxylic acid groups (broad SMARTS) is 1. The van der Waals surface area contributed by atoms with E-state index in [0.717, 1.165) is 11.1 Å². The van der Waals surface area contributed by atoms with Crippen molar-refractivity contribution < 1.29 is 9.90 Å². The molecular formula is C15H17N3O2. The molecule has 2 aromatic rings. The predicted octanol–water partition coefficient (Wildman–Crippen LogP) is 2.38. The van der Waals surface area contributed by atoms with Crippen LogP contribution in [0.25, 0.3) is 11.3 Å². The molecule has 1 aromatic carbocycles. The van der Waals surface area contributed by atoms with E-state index in [2.05, 4.69) is 9.97 Å². The predicted molar refractivity (Wildman–Crippen MR) is 77.0 cm³/mol. The van der Waals surface area contributed by atoms with Gasteiger partial charge in [0.15, 0.2) is 0 Å². The molecule has 2 rings (SSSR count). The molecule has 0 spiro atoms. The highest BCUT2D eigenvalue weighted by atomic mass is 16.4. The maximum atomic E-state index is 11.2. The summed E-state index contributed by atoms with van der Waals surface area (Å²) >= 11 is 0. The van der Waals surface area contributed by atoms with Crippen molar-refractivity contribution in [3.05, 3.63) is 42.2 Å². The van der Waals surface area contributed by atoms with Gasteiger partial charge in [-0.05, 0) is 31.9 Å². The zero-order valence-electron chi connectivity index (χ0n) is 11.5. The van der Waals surface area contributed by atoms with E-state index in [9.17, 15) is 9.90 Å². The van der Waals surface area contributed by atoms with Crippen molar-refractivity contribution in [3.8, 4) is 11.3 Å². The first-order valence-corrected chi connectivity index (χ1v) is 6.29. The Hall–Kier alpha value is -2.43. The Morgan fingerprint density at radius 2 is 2.10 bits per heavy atom. The number of hydrogen-bond acceptors (Lipinski definition) is 4. The first-order valence-electron chi connectivity index (χ1n) is 6.29. The third-order valence-electron chi connectivity index (χ3n) is 3.10. The molecule has 0 aliphatic rings. The fourth-order valence-electron chi connectivity index (χ4n) is 1.95. The Balaban J connectivity index is 2.31. The molecule has 0 saturated carbocycles. The van der Waals surface area contributed by atoms with E-state index < -0.39 is 11.4 Å². The molecule has 0 atom stereocenters. The molecule has 104 valence electrons. The van der Waals surface area contributed by atoms with Crippen molar-refractivity contribution in [1.29, 1.82) is 0 Å². The second kappa shape index (κ2) is 5.28. The van der Waals surface area contributed by atoms with E-state index in [0.29, 0.717) is 17.9 Å². The first kappa shape index (κ1) is 14.0. The molecular weight excluding hydrogens is 254 g/mol. The third kappa shape index (κ3) is 3.12. The zero-order chi connectivity index (χ0) is 14.8. The number of anilines is 1. The summed E-state index contributed by atoms with van der Waals surface area (Å²) in [6.07, 6.45) is 3.57. The third-order valence-corrected chi connectivity index (χ3v) is 3.10. The van der Waals surface area contributed by atoms with Gasteiger partial charge in [0.1, 0.15) is 5.82 Å². The number of hydrogen-bond donors (Lipinski definition) is 2. The lowest BCUT2D eigenvalue weighted by molar-refractivity contribution is -0.146. The first-order chi connectivity index (χ1) is 9.38. The van der Waals surface area contributed by atoms with E-state index in [1.807, 2.05) is 24.3 Å². The fourth-order valence-corrected chi connectivity index (χ4v) is 1.95. The molecule has 20 heavy (non-hydrogen) atoms. The van der Waals surface area contributed by atoms with Gasteiger partial charge in [0.25, 0.3) is 0 Å². The molecule has 1 heterocycles. The van der Waals surface area contributed by atoms with Gasteiger partial charge in [-0.25, -0.2) is 4.98 Å². The van der Waals surface area contributed by atoms with E-state index >= 15 is 0 Å². The van der Waals surface area contributed by atoms with Gasteiger partial charge < -0.3 is 10.8 Å². The topological polar surface area (TPSA) is 89.1 Å². The molecule has 0 aliphatic heterocycles. The van der Waals surface area contributed by atoms with Crippen molar-refractivity contribution in [3.63, 3.8) is 0 Å². The highest BCUT2D eigenvalue weighted by Gasteiger charge is 2.27. The van der Waals surface area contributed by atoms with Gasteiger partial charge in [-0.15, -0.1) is 0 Å². The number of aromatic nitrogens is 2. The van der Waals surface area contributed by atoms with Crippen LogP contribution in [-0.4, -0.2) is 21.0 Å². The quantitative estimate of drug-likeness (QED) is 0.891. The van der Waals surface area contributed by atoms with Crippen LogP contribution in [0.1, 0.15) is 19.4 Å². The van der Waals surface area contributed by atoms with Gasteiger partial charge in [-0.3, -0.25) is 9.78 Å². The molecule has 0 aliphatic carbocycles. The minimum absolute atomic E-state index is 0.360. The van der Waals surface area contributed by atoms with Crippen LogP contribution in [0, 0.1) is 5.41 Å². The SMILES string of the molecule is CC(C)(Cc1cccc(-c2cncc(N)n2)c1)C(=O)O. The molecule has 0 amide bonds. The Morgan fingerprint density at radius 3 is 2.75 bits per heavy atom. The maximum Gasteiger partial charge on any atom is 0.309 e. The van der Waals surface area contributed by atoms with Gasteiger partial charge in [-0.2, -0.15) is 0 Å². The fraction of sp³-hybridized carbons (Fsp3) is 0.267. The molecule has 5 heteroatoms. The highest BCUT2D eigenvalue weighted by molar-refractivity contribution is 5.74. The Morgan fingerprint density at radius 1 is 1.35 bits per heavy atom. The summed E-state index contributed by atoms with van der Waals surface area (Å²) in [5, 5.41) is 9.19. The average Bonchev–Trinajstić information content (AvgIpc) is 2.38. The molecule has 0 saturated heterocycles. The number of carbonyl (C=O) groups is 1. The minimum Gasteiger partial charge on any atom is -0.481 e. The van der Waals surface area contributed by atoms with Crippen LogP contribution in [0.5, 0.6) is 0 Å². The van der Waals surface area contributed by atoms with Crippen LogP contribution in [0.15, 0.2) is 36.7 Å². The number of benzene rings is 1. The van der Waals surface area contributed by atoms with Gasteiger partial charge in [-0.1, -0.05) is 18.2 Å². The van der Waals surface area contributed by atoms with Crippen LogP contribution >= 0.6 is 0 Å². The molecule has 0 fully saturated rings. The lowest BCUT2D eigenvalue weighted by Crippen LogP contribution is -2.26. The number of nitrogen functional groups attached to an aromatic ring is 1. The summed E-state index contributed by atoms with van der Waals surface area (Å²) in [5.74, 6) is -0.453. The summed E-state index contributed by atoms with van der Waals surface area (Å²) in [4.78, 5) is 19.4. The number of aliphatic carboxylic acids is 1. The lowest BCUT2D eigenvalue weighted by atomic mass is 9.85. The zero-order valence-corrected chi connectivity index (χ0v) is 11.5. The van der Waals surface area contributed by atoms with Crippen LogP contribution in [0.4, 0.5) is 5.82 Å². The van der Waals surface area contributed by atoms with E-state index in [1.165, 1.54) is 6.20 Å². The largest absolute Gasteiger partial charge is 0.481 e. The maximum absolute atomic E-state index is 11.2. The number of nitrogens with zero attached hydrogens (tertiary/aromatic N) is 2. The van der Waals surface area contributed by atoms with Crippen molar-refractivity contribution in [2.45, 2.75) is 20.3 Å². The van der Waals surface area contributed by atoms with Crippen LogP contribution in [-0.2, 0) is 11.2 Å². The van der Waals surface area contributed by atoms with Gasteiger partial charge in [0.05, 0.1) is 23.5 Å². The highest BCUT2D eigenvalue weighted by Crippen LogP contribution is 2.25. The second-order valence-electron chi connectivity index (χ2n) is 5.40. The van der Waals surface area contributed by atoms with Crippen molar-refractivity contribution >= 4 is 11.8 Å². The molecule has 0 radical (unpaired) electrons. The minimum atomic E-state index is -0.813. The van der Waals surface area contributed by atoms with Crippen molar-refractivity contribution in [2.75, 3.05) is 5.73 Å². The van der Waals surface area contributed by atoms with Gasteiger partial charge in [0, 0.05) is 5.56 Å². The average molecular weight is 271 g/mol. The molecule has 3 N–H and O–H groups in total. The number of nitrogens with two attached hydrogens (primary N) is 1. The number of rotatable bonds is 4. The molecule has 0 bridgehead atoms. The van der Waals surface area contributed by atoms with E-state index in [1.54, 1.807) is 20.0 Å². The summed E-state index contributed by atoms with van der Waals surface area (Å²) in [5.41, 5.74) is 7.32. The molecule has 5 nitrogen and oxygen atoms in total. The Bertz CT molecular complexity index is 639. The standard InChI is InChI=1S/C15H17N3O2/c1-15(2,14(19)20)7-10-4-3-5-11(6-10)12-8-17-9-13(16)18-12/h3-6,8-9H,7H2,1-2H3,(H2,16,18)(H,19,20). The second-order valence-corrected chi connectivity index (χ2v) is 5.40.